The van der Waals surface area contributed by atoms with E-state index in [9.17, 15) is 37.1 Å². The normalized spacial score (nSPS) is 13.2. The average Bonchev–Trinajstić information content (AvgIpc) is 2.67. The molecule has 0 aliphatic carbocycles. The van der Waals surface area contributed by atoms with E-state index >= 15 is 0 Å². The summed E-state index contributed by atoms with van der Waals surface area (Å²) in [7, 11) is 0. The van der Waals surface area contributed by atoms with Gasteiger partial charge in [0, 0.05) is 19.8 Å². The third-order valence-corrected chi connectivity index (χ3v) is 4.41. The minimum absolute atomic E-state index is 0.144. The molecule has 0 bridgehead atoms. The second-order valence-corrected chi connectivity index (χ2v) is 6.85. The molecule has 3 N–H and O–H groups in total. The van der Waals surface area contributed by atoms with E-state index in [2.05, 4.69) is 10.6 Å². The Morgan fingerprint density at radius 2 is 1.55 bits per heavy atom. The predicted octanol–water partition coefficient (Wildman–Crippen LogP) is 2.70. The summed E-state index contributed by atoms with van der Waals surface area (Å²) in [4.78, 5) is 35.7. The molecule has 2 rings (SSSR count). The molecule has 0 aliphatic heterocycles. The van der Waals surface area contributed by atoms with Gasteiger partial charge in [-0.1, -0.05) is 30.3 Å². The van der Waals surface area contributed by atoms with E-state index in [0.29, 0.717) is 0 Å². The van der Waals surface area contributed by atoms with Crippen molar-refractivity contribution in [3.05, 3.63) is 71.0 Å². The second kappa shape index (κ2) is 10.1. The summed E-state index contributed by atoms with van der Waals surface area (Å²) in [5.41, 5.74) is -0.486. The zero-order chi connectivity index (χ0) is 23.2. The summed E-state index contributed by atoms with van der Waals surface area (Å²) in [6.07, 6.45) is -5.03. The van der Waals surface area contributed by atoms with Crippen LogP contribution in [-0.4, -0.2) is 35.0 Å². The molecule has 0 aliphatic rings. The van der Waals surface area contributed by atoms with Gasteiger partial charge in [0.2, 0.25) is 11.8 Å². The van der Waals surface area contributed by atoms with Gasteiger partial charge in [-0.3, -0.25) is 9.59 Å². The van der Waals surface area contributed by atoms with Crippen LogP contribution in [0.5, 0.6) is 0 Å². The first-order valence-electron chi connectivity index (χ1n) is 9.17. The molecule has 0 spiro atoms. The zero-order valence-corrected chi connectivity index (χ0v) is 16.4. The molecule has 31 heavy (non-hydrogen) atoms. The van der Waals surface area contributed by atoms with Gasteiger partial charge >= 0.3 is 12.1 Å². The maximum absolute atomic E-state index is 13.9. The van der Waals surface area contributed by atoms with Crippen LogP contribution in [0, 0.1) is 5.82 Å². The topological polar surface area (TPSA) is 95.5 Å². The van der Waals surface area contributed by atoms with Crippen molar-refractivity contribution in [1.82, 2.24) is 10.6 Å². The highest BCUT2D eigenvalue weighted by Crippen LogP contribution is 2.29. The highest BCUT2D eigenvalue weighted by molar-refractivity contribution is 5.90. The fourth-order valence-electron chi connectivity index (χ4n) is 2.88. The second-order valence-electron chi connectivity index (χ2n) is 6.85. The van der Waals surface area contributed by atoms with Crippen LogP contribution in [0.4, 0.5) is 17.6 Å². The number of carbonyl (C=O) groups excluding carboxylic acids is 2. The van der Waals surface area contributed by atoms with E-state index in [1.807, 2.05) is 0 Å². The number of carbonyl (C=O) groups is 3. The van der Waals surface area contributed by atoms with Gasteiger partial charge in [0.25, 0.3) is 0 Å². The number of rotatable bonds is 8. The van der Waals surface area contributed by atoms with Crippen LogP contribution in [0.2, 0.25) is 0 Å². The van der Waals surface area contributed by atoms with Crippen molar-refractivity contribution in [2.24, 2.45) is 0 Å². The third kappa shape index (κ3) is 7.09. The Balaban J connectivity index is 2.15. The molecule has 0 aromatic heterocycles. The molecule has 0 saturated heterocycles. The zero-order valence-electron chi connectivity index (χ0n) is 16.4. The SMILES string of the molecule is CC(=O)N[C@@H](Cc1ccccc1F)C(=O)N[C@H](Cc1ccc(C(F)(F)F)cc1)C(=O)O. The van der Waals surface area contributed by atoms with Crippen LogP contribution in [0.1, 0.15) is 23.6 Å². The molecule has 0 saturated carbocycles. The first kappa shape index (κ1) is 23.8. The van der Waals surface area contributed by atoms with E-state index < -0.39 is 47.4 Å². The first-order chi connectivity index (χ1) is 14.5. The Labute approximate surface area is 175 Å². The summed E-state index contributed by atoms with van der Waals surface area (Å²) in [5.74, 6) is -3.45. The number of carboxylic acid groups (broad SMARTS) is 1. The minimum Gasteiger partial charge on any atom is -0.480 e. The number of alkyl halides is 3. The van der Waals surface area contributed by atoms with Gasteiger partial charge in [-0.25, -0.2) is 9.18 Å². The van der Waals surface area contributed by atoms with Crippen molar-refractivity contribution < 1.29 is 37.1 Å². The molecule has 2 aromatic carbocycles. The van der Waals surface area contributed by atoms with Crippen molar-refractivity contribution in [1.29, 1.82) is 0 Å². The summed E-state index contributed by atoms with van der Waals surface area (Å²) < 4.78 is 51.9. The van der Waals surface area contributed by atoms with Crippen LogP contribution in [0.15, 0.2) is 48.5 Å². The van der Waals surface area contributed by atoms with Gasteiger partial charge in [-0.15, -0.1) is 0 Å². The lowest BCUT2D eigenvalue weighted by atomic mass is 10.0. The van der Waals surface area contributed by atoms with Crippen molar-refractivity contribution in [3.8, 4) is 0 Å². The number of aliphatic carboxylic acids is 1. The average molecular weight is 440 g/mol. The molecule has 0 heterocycles. The summed E-state index contributed by atoms with van der Waals surface area (Å²) in [6, 6.07) is 6.76. The van der Waals surface area contributed by atoms with Crippen LogP contribution in [0.25, 0.3) is 0 Å². The number of amides is 2. The first-order valence-corrected chi connectivity index (χ1v) is 9.17. The minimum atomic E-state index is -4.53. The molecular weight excluding hydrogens is 420 g/mol. The fourth-order valence-corrected chi connectivity index (χ4v) is 2.88. The lowest BCUT2D eigenvalue weighted by Gasteiger charge is -2.21. The number of hydrogen-bond acceptors (Lipinski definition) is 3. The smallest absolute Gasteiger partial charge is 0.416 e. The lowest BCUT2D eigenvalue weighted by Crippen LogP contribution is -2.52. The van der Waals surface area contributed by atoms with Gasteiger partial charge in [0.05, 0.1) is 5.56 Å². The molecule has 0 radical (unpaired) electrons. The summed E-state index contributed by atoms with van der Waals surface area (Å²) in [6.45, 7) is 1.15. The summed E-state index contributed by atoms with van der Waals surface area (Å²) in [5, 5.41) is 14.0. The van der Waals surface area contributed by atoms with Crippen molar-refractivity contribution in [3.63, 3.8) is 0 Å². The fraction of sp³-hybridized carbons (Fsp3) is 0.286. The number of nitrogens with one attached hydrogen (secondary N) is 2. The van der Waals surface area contributed by atoms with Crippen LogP contribution in [-0.2, 0) is 33.4 Å². The van der Waals surface area contributed by atoms with E-state index in [-0.39, 0.29) is 24.0 Å². The molecular formula is C21H20F4N2O4. The van der Waals surface area contributed by atoms with E-state index in [4.69, 9.17) is 0 Å². The van der Waals surface area contributed by atoms with Crippen LogP contribution < -0.4 is 10.6 Å². The standard InChI is InChI=1S/C21H20F4N2O4/c1-12(28)26-17(11-14-4-2-3-5-16(14)22)19(29)27-18(20(30)31)10-13-6-8-15(9-7-13)21(23,24)25/h2-9,17-18H,10-11H2,1H3,(H,26,28)(H,27,29)(H,30,31)/t17-,18+/m0/s1. The van der Waals surface area contributed by atoms with E-state index in [1.54, 1.807) is 6.07 Å². The molecule has 166 valence electrons. The Kier molecular flexibility index (Phi) is 7.73. The van der Waals surface area contributed by atoms with Crippen molar-refractivity contribution >= 4 is 17.8 Å². The number of halogens is 4. The van der Waals surface area contributed by atoms with Crippen LogP contribution in [0.3, 0.4) is 0 Å². The predicted molar refractivity (Wildman–Crippen MR) is 102 cm³/mol. The van der Waals surface area contributed by atoms with E-state index in [1.165, 1.54) is 18.2 Å². The lowest BCUT2D eigenvalue weighted by molar-refractivity contribution is -0.142. The molecule has 2 atom stereocenters. The number of benzene rings is 2. The molecule has 10 heteroatoms. The van der Waals surface area contributed by atoms with Gasteiger partial charge in [-0.05, 0) is 29.3 Å². The highest BCUT2D eigenvalue weighted by atomic mass is 19.4. The number of hydrogen-bond donors (Lipinski definition) is 3. The van der Waals surface area contributed by atoms with Gasteiger partial charge in [0.15, 0.2) is 0 Å². The van der Waals surface area contributed by atoms with Gasteiger partial charge in [0.1, 0.15) is 17.9 Å². The van der Waals surface area contributed by atoms with E-state index in [0.717, 1.165) is 31.2 Å². The van der Waals surface area contributed by atoms with Crippen LogP contribution >= 0.6 is 0 Å². The molecule has 0 unspecified atom stereocenters. The monoisotopic (exact) mass is 440 g/mol. The molecule has 2 aromatic rings. The quantitative estimate of drug-likeness (QED) is 0.550. The Bertz CT molecular complexity index is 945. The van der Waals surface area contributed by atoms with Crippen molar-refractivity contribution in [2.45, 2.75) is 38.0 Å². The van der Waals surface area contributed by atoms with Crippen molar-refractivity contribution in [2.75, 3.05) is 0 Å². The largest absolute Gasteiger partial charge is 0.480 e. The molecule has 6 nitrogen and oxygen atoms in total. The maximum atomic E-state index is 13.9. The molecule has 2 amide bonds. The van der Waals surface area contributed by atoms with Gasteiger partial charge in [-0.2, -0.15) is 13.2 Å². The Morgan fingerprint density at radius 3 is 2.06 bits per heavy atom. The Hall–Kier alpha value is -3.43. The number of carboxylic acids is 1. The van der Waals surface area contributed by atoms with Gasteiger partial charge < -0.3 is 15.7 Å². The highest BCUT2D eigenvalue weighted by Gasteiger charge is 2.31. The Morgan fingerprint density at radius 1 is 0.935 bits per heavy atom. The third-order valence-electron chi connectivity index (χ3n) is 4.41. The molecule has 0 fully saturated rings. The summed E-state index contributed by atoms with van der Waals surface area (Å²) >= 11 is 0. The maximum Gasteiger partial charge on any atom is 0.416 e.